The first-order valence-electron chi connectivity index (χ1n) is 7.68. The number of aromatic amines is 1. The molecule has 0 aliphatic rings. The number of thiophene rings is 1. The molecule has 124 valence electrons. The third kappa shape index (κ3) is 3.09. The standard InChI is InChI=1S/C18H14N4O2S/c23-16(12-3-5-13(6-4-12)22-7-1-2-8-22)19-10-14-9-15-17(24)20-11-21-18(15)25-14/h1-9,11H,10H2,(H,19,23)(H,20,21,24). The van der Waals surface area contributed by atoms with Crippen molar-refractivity contribution < 1.29 is 4.79 Å². The van der Waals surface area contributed by atoms with Crippen molar-refractivity contribution >= 4 is 27.5 Å². The number of benzene rings is 1. The molecule has 0 atom stereocenters. The van der Waals surface area contributed by atoms with E-state index in [0.717, 1.165) is 10.6 Å². The molecule has 0 aliphatic carbocycles. The number of carbonyl (C=O) groups excluding carboxylic acids is 1. The Bertz CT molecular complexity index is 1080. The van der Waals surface area contributed by atoms with Crippen LogP contribution in [-0.4, -0.2) is 20.4 Å². The van der Waals surface area contributed by atoms with E-state index < -0.39 is 0 Å². The van der Waals surface area contributed by atoms with Gasteiger partial charge in [0.25, 0.3) is 11.5 Å². The topological polar surface area (TPSA) is 79.8 Å². The second-order valence-corrected chi connectivity index (χ2v) is 6.60. The van der Waals surface area contributed by atoms with Gasteiger partial charge in [0.15, 0.2) is 0 Å². The number of rotatable bonds is 4. The molecule has 0 bridgehead atoms. The van der Waals surface area contributed by atoms with E-state index in [-0.39, 0.29) is 11.5 Å². The van der Waals surface area contributed by atoms with Gasteiger partial charge in [-0.05, 0) is 42.5 Å². The lowest BCUT2D eigenvalue weighted by Crippen LogP contribution is -2.22. The minimum absolute atomic E-state index is 0.154. The molecule has 7 heteroatoms. The van der Waals surface area contributed by atoms with Crippen molar-refractivity contribution in [3.8, 4) is 5.69 Å². The lowest BCUT2D eigenvalue weighted by molar-refractivity contribution is 0.0951. The summed E-state index contributed by atoms with van der Waals surface area (Å²) >= 11 is 1.40. The Morgan fingerprint density at radius 2 is 1.96 bits per heavy atom. The Hall–Kier alpha value is -3.19. The van der Waals surface area contributed by atoms with Crippen LogP contribution in [0.2, 0.25) is 0 Å². The number of nitrogens with one attached hydrogen (secondary N) is 2. The van der Waals surface area contributed by atoms with E-state index in [1.165, 1.54) is 17.7 Å². The molecule has 0 radical (unpaired) electrons. The summed E-state index contributed by atoms with van der Waals surface area (Å²) in [5.74, 6) is -0.154. The van der Waals surface area contributed by atoms with Crippen molar-refractivity contribution in [3.63, 3.8) is 0 Å². The van der Waals surface area contributed by atoms with Gasteiger partial charge in [0.1, 0.15) is 4.83 Å². The van der Waals surface area contributed by atoms with Gasteiger partial charge in [-0.1, -0.05) is 0 Å². The maximum absolute atomic E-state index is 12.3. The summed E-state index contributed by atoms with van der Waals surface area (Å²) in [7, 11) is 0. The van der Waals surface area contributed by atoms with E-state index in [9.17, 15) is 9.59 Å². The van der Waals surface area contributed by atoms with Gasteiger partial charge < -0.3 is 14.9 Å². The van der Waals surface area contributed by atoms with Crippen molar-refractivity contribution in [2.75, 3.05) is 0 Å². The number of aromatic nitrogens is 3. The van der Waals surface area contributed by atoms with E-state index in [4.69, 9.17) is 0 Å². The first-order valence-corrected chi connectivity index (χ1v) is 8.50. The van der Waals surface area contributed by atoms with Gasteiger partial charge in [-0.15, -0.1) is 11.3 Å². The number of carbonyl (C=O) groups is 1. The Morgan fingerprint density at radius 3 is 2.68 bits per heavy atom. The lowest BCUT2D eigenvalue weighted by Gasteiger charge is -2.06. The normalized spacial score (nSPS) is 10.9. The Labute approximate surface area is 146 Å². The van der Waals surface area contributed by atoms with Crippen molar-refractivity contribution in [1.29, 1.82) is 0 Å². The maximum Gasteiger partial charge on any atom is 0.259 e. The van der Waals surface area contributed by atoms with Crippen LogP contribution in [0, 0.1) is 0 Å². The molecule has 0 saturated heterocycles. The largest absolute Gasteiger partial charge is 0.347 e. The van der Waals surface area contributed by atoms with E-state index in [0.29, 0.717) is 22.3 Å². The average molecular weight is 350 g/mol. The van der Waals surface area contributed by atoms with Crippen LogP contribution >= 0.6 is 11.3 Å². The highest BCUT2D eigenvalue weighted by Crippen LogP contribution is 2.20. The van der Waals surface area contributed by atoms with Crippen molar-refractivity contribution in [1.82, 2.24) is 19.9 Å². The van der Waals surface area contributed by atoms with E-state index in [2.05, 4.69) is 15.3 Å². The van der Waals surface area contributed by atoms with Crippen molar-refractivity contribution in [3.05, 3.63) is 82.0 Å². The smallest absolute Gasteiger partial charge is 0.259 e. The molecule has 3 heterocycles. The quantitative estimate of drug-likeness (QED) is 0.594. The SMILES string of the molecule is O=C(NCc1cc2c(=O)[nH]cnc2s1)c1ccc(-n2cccc2)cc1. The molecule has 2 N–H and O–H groups in total. The molecular weight excluding hydrogens is 336 g/mol. The molecule has 4 aromatic rings. The first-order chi connectivity index (χ1) is 12.2. The number of H-pyrrole nitrogens is 1. The van der Waals surface area contributed by atoms with Gasteiger partial charge in [-0.2, -0.15) is 0 Å². The van der Waals surface area contributed by atoms with Crippen LogP contribution in [0.1, 0.15) is 15.2 Å². The third-order valence-electron chi connectivity index (χ3n) is 3.84. The molecule has 3 aromatic heterocycles. The molecule has 1 aromatic carbocycles. The summed E-state index contributed by atoms with van der Waals surface area (Å²) in [4.78, 5) is 32.2. The van der Waals surface area contributed by atoms with Crippen LogP contribution in [-0.2, 0) is 6.54 Å². The fourth-order valence-electron chi connectivity index (χ4n) is 2.57. The first kappa shape index (κ1) is 15.3. The summed E-state index contributed by atoms with van der Waals surface area (Å²) in [6, 6.07) is 13.1. The van der Waals surface area contributed by atoms with Crippen LogP contribution in [0.3, 0.4) is 0 Å². The Morgan fingerprint density at radius 1 is 1.20 bits per heavy atom. The summed E-state index contributed by atoms with van der Waals surface area (Å²) < 4.78 is 1.98. The van der Waals surface area contributed by atoms with Crippen LogP contribution in [0.5, 0.6) is 0 Å². The predicted molar refractivity (Wildman–Crippen MR) is 97.2 cm³/mol. The van der Waals surface area contributed by atoms with E-state index in [1.807, 2.05) is 41.2 Å². The minimum atomic E-state index is -0.167. The fourth-order valence-corrected chi connectivity index (χ4v) is 3.50. The van der Waals surface area contributed by atoms with Crippen molar-refractivity contribution in [2.45, 2.75) is 6.54 Å². The molecule has 1 amide bonds. The minimum Gasteiger partial charge on any atom is -0.347 e. The van der Waals surface area contributed by atoms with Gasteiger partial charge in [-0.3, -0.25) is 9.59 Å². The highest BCUT2D eigenvalue weighted by atomic mass is 32.1. The van der Waals surface area contributed by atoms with Gasteiger partial charge in [0.05, 0.1) is 18.3 Å². The number of hydrogen-bond donors (Lipinski definition) is 2. The summed E-state index contributed by atoms with van der Waals surface area (Å²) in [6.07, 6.45) is 5.29. The highest BCUT2D eigenvalue weighted by Gasteiger charge is 2.09. The zero-order valence-electron chi connectivity index (χ0n) is 13.1. The monoisotopic (exact) mass is 350 g/mol. The number of hydrogen-bond acceptors (Lipinski definition) is 4. The Balaban J connectivity index is 1.46. The Kier molecular flexibility index (Phi) is 3.91. The molecule has 6 nitrogen and oxygen atoms in total. The summed E-state index contributed by atoms with van der Waals surface area (Å²) in [6.45, 7) is 0.360. The zero-order valence-corrected chi connectivity index (χ0v) is 13.9. The summed E-state index contributed by atoms with van der Waals surface area (Å²) in [5.41, 5.74) is 1.42. The molecule has 0 spiro atoms. The van der Waals surface area contributed by atoms with Gasteiger partial charge >= 0.3 is 0 Å². The van der Waals surface area contributed by atoms with E-state index >= 15 is 0 Å². The number of amides is 1. The van der Waals surface area contributed by atoms with Gasteiger partial charge in [-0.25, -0.2) is 4.98 Å². The molecule has 0 unspecified atom stereocenters. The van der Waals surface area contributed by atoms with Crippen LogP contribution in [0.4, 0.5) is 0 Å². The van der Waals surface area contributed by atoms with Gasteiger partial charge in [0.2, 0.25) is 0 Å². The number of fused-ring (bicyclic) bond motifs is 1. The van der Waals surface area contributed by atoms with Gasteiger partial charge in [0, 0.05) is 28.5 Å². The zero-order chi connectivity index (χ0) is 17.2. The number of nitrogens with zero attached hydrogens (tertiary/aromatic N) is 2. The van der Waals surface area contributed by atoms with E-state index in [1.54, 1.807) is 18.2 Å². The van der Waals surface area contributed by atoms with Crippen molar-refractivity contribution in [2.24, 2.45) is 0 Å². The molecular formula is C18H14N4O2S. The predicted octanol–water partition coefficient (Wildman–Crippen LogP) is 2.71. The molecule has 0 aliphatic heterocycles. The second kappa shape index (κ2) is 6.37. The second-order valence-electron chi connectivity index (χ2n) is 5.48. The maximum atomic E-state index is 12.3. The van der Waals surface area contributed by atoms with Crippen LogP contribution in [0.25, 0.3) is 15.9 Å². The molecule has 4 rings (SSSR count). The third-order valence-corrected chi connectivity index (χ3v) is 4.88. The van der Waals surface area contributed by atoms with Crippen LogP contribution in [0.15, 0.2) is 66.0 Å². The van der Waals surface area contributed by atoms with Crippen LogP contribution < -0.4 is 10.9 Å². The molecule has 0 saturated carbocycles. The molecule has 25 heavy (non-hydrogen) atoms. The highest BCUT2D eigenvalue weighted by molar-refractivity contribution is 7.18. The molecule has 0 fully saturated rings. The average Bonchev–Trinajstić information content (AvgIpc) is 3.30. The summed E-state index contributed by atoms with van der Waals surface area (Å²) in [5, 5.41) is 3.42. The lowest BCUT2D eigenvalue weighted by atomic mass is 10.2. The fraction of sp³-hybridized carbons (Fsp3) is 0.0556.